The summed E-state index contributed by atoms with van der Waals surface area (Å²) >= 11 is 0. The second-order valence-electron chi connectivity index (χ2n) is 4.88. The molecular weight excluding hydrogens is 242 g/mol. The first-order valence-electron chi connectivity index (χ1n) is 6.17. The van der Waals surface area contributed by atoms with Crippen molar-refractivity contribution in [1.29, 1.82) is 0 Å². The summed E-state index contributed by atoms with van der Waals surface area (Å²) in [5.74, 6) is 0. The van der Waals surface area contributed by atoms with Crippen LogP contribution in [0.5, 0.6) is 0 Å². The molecule has 1 saturated carbocycles. The van der Waals surface area contributed by atoms with Gasteiger partial charge in [-0.2, -0.15) is 0 Å². The summed E-state index contributed by atoms with van der Waals surface area (Å²) in [4.78, 5) is 0. The average molecular weight is 264 g/mol. The summed E-state index contributed by atoms with van der Waals surface area (Å²) in [5, 5.41) is 32.1. The Morgan fingerprint density at radius 1 is 0.882 bits per heavy atom. The topological polar surface area (TPSA) is 72.7 Å². The number of hydrogen-bond donors (Lipinski definition) is 4. The van der Waals surface area contributed by atoms with Crippen LogP contribution in [0, 0.1) is 0 Å². The summed E-state index contributed by atoms with van der Waals surface area (Å²) in [7, 11) is 0. The molecule has 0 heterocycles. The Balaban J connectivity index is 0.00000144. The molecule has 0 unspecified atom stereocenters. The Morgan fingerprint density at radius 3 is 2.18 bits per heavy atom. The molecule has 2 rings (SSSR count). The number of halogens is 1. The van der Waals surface area contributed by atoms with Crippen LogP contribution in [0.1, 0.15) is 32.1 Å². The molecule has 0 bridgehead atoms. The molecule has 0 saturated heterocycles. The van der Waals surface area contributed by atoms with Crippen LogP contribution in [0.2, 0.25) is 0 Å². The lowest BCUT2D eigenvalue weighted by atomic mass is 9.90. The van der Waals surface area contributed by atoms with E-state index in [2.05, 4.69) is 5.32 Å². The highest BCUT2D eigenvalue weighted by Gasteiger charge is 2.33. The Bertz CT molecular complexity index is 256. The van der Waals surface area contributed by atoms with Crippen LogP contribution in [0.15, 0.2) is 12.2 Å². The van der Waals surface area contributed by atoms with Gasteiger partial charge in [-0.25, -0.2) is 0 Å². The largest absolute Gasteiger partial charge is 0.388 e. The highest BCUT2D eigenvalue weighted by atomic mass is 35.5. The van der Waals surface area contributed by atoms with Crippen LogP contribution in [0.3, 0.4) is 0 Å². The summed E-state index contributed by atoms with van der Waals surface area (Å²) in [6.45, 7) is 0. The minimum atomic E-state index is -1.08. The molecule has 2 aliphatic rings. The molecule has 100 valence electrons. The van der Waals surface area contributed by atoms with Gasteiger partial charge < -0.3 is 20.6 Å². The lowest BCUT2D eigenvalue weighted by Gasteiger charge is -2.35. The average Bonchev–Trinajstić information content (AvgIpc) is 2.31. The van der Waals surface area contributed by atoms with Crippen molar-refractivity contribution in [2.75, 3.05) is 0 Å². The molecule has 0 radical (unpaired) electrons. The minimum Gasteiger partial charge on any atom is -0.388 e. The third kappa shape index (κ3) is 3.66. The predicted molar refractivity (Wildman–Crippen MR) is 68.2 cm³/mol. The molecule has 4 atom stereocenters. The second-order valence-corrected chi connectivity index (χ2v) is 4.88. The maximum atomic E-state index is 9.81. The lowest BCUT2D eigenvalue weighted by Crippen LogP contribution is -2.54. The summed E-state index contributed by atoms with van der Waals surface area (Å²) in [6, 6.07) is 0.196. The van der Waals surface area contributed by atoms with E-state index in [-0.39, 0.29) is 18.4 Å². The zero-order valence-electron chi connectivity index (χ0n) is 9.83. The maximum Gasteiger partial charge on any atom is 0.111 e. The molecule has 4 N–H and O–H groups in total. The third-order valence-electron chi connectivity index (χ3n) is 3.62. The Morgan fingerprint density at radius 2 is 1.53 bits per heavy atom. The highest BCUT2D eigenvalue weighted by molar-refractivity contribution is 5.85. The van der Waals surface area contributed by atoms with E-state index in [0.29, 0.717) is 6.04 Å². The second kappa shape index (κ2) is 6.71. The van der Waals surface area contributed by atoms with E-state index in [1.165, 1.54) is 19.3 Å². The zero-order chi connectivity index (χ0) is 11.5. The van der Waals surface area contributed by atoms with Crippen molar-refractivity contribution in [2.45, 2.75) is 62.5 Å². The Labute approximate surface area is 108 Å². The van der Waals surface area contributed by atoms with Gasteiger partial charge in [0.1, 0.15) is 18.3 Å². The number of nitrogens with one attached hydrogen (secondary N) is 1. The van der Waals surface area contributed by atoms with E-state index in [0.717, 1.165) is 12.8 Å². The monoisotopic (exact) mass is 263 g/mol. The van der Waals surface area contributed by atoms with Crippen molar-refractivity contribution >= 4 is 12.4 Å². The molecule has 0 aliphatic heterocycles. The summed E-state index contributed by atoms with van der Waals surface area (Å²) < 4.78 is 0. The molecule has 0 aromatic heterocycles. The van der Waals surface area contributed by atoms with Gasteiger partial charge in [0.2, 0.25) is 0 Å². The van der Waals surface area contributed by atoms with E-state index in [4.69, 9.17) is 0 Å². The van der Waals surface area contributed by atoms with E-state index in [9.17, 15) is 15.3 Å². The Kier molecular flexibility index (Phi) is 5.89. The molecule has 1 fully saturated rings. The maximum absolute atomic E-state index is 9.81. The van der Waals surface area contributed by atoms with E-state index in [1.54, 1.807) is 12.2 Å². The number of aliphatic hydroxyl groups is 3. The fourth-order valence-corrected chi connectivity index (χ4v) is 2.57. The van der Waals surface area contributed by atoms with Crippen LogP contribution in [-0.4, -0.2) is 45.7 Å². The molecule has 0 amide bonds. The van der Waals surface area contributed by atoms with Gasteiger partial charge in [-0.3, -0.25) is 0 Å². The third-order valence-corrected chi connectivity index (χ3v) is 3.62. The van der Waals surface area contributed by atoms with Crippen molar-refractivity contribution in [3.63, 3.8) is 0 Å². The standard InChI is InChI=1S/C12H21NO3.ClH/c14-10-7-6-9(11(15)12(10)16)13-8-4-2-1-3-5-8;/h6-16H,1-5H2;1H/t9-,10+,11+,12+;/m1./s1. The van der Waals surface area contributed by atoms with E-state index in [1.807, 2.05) is 0 Å². The van der Waals surface area contributed by atoms with Gasteiger partial charge >= 0.3 is 0 Å². The fraction of sp³-hybridized carbons (Fsp3) is 0.833. The molecule has 4 nitrogen and oxygen atoms in total. The van der Waals surface area contributed by atoms with Crippen LogP contribution in [-0.2, 0) is 0 Å². The Hall–Kier alpha value is -0.130. The number of rotatable bonds is 2. The summed E-state index contributed by atoms with van der Waals surface area (Å²) in [5.41, 5.74) is 0. The van der Waals surface area contributed by atoms with Crippen LogP contribution >= 0.6 is 12.4 Å². The van der Waals surface area contributed by atoms with Crippen molar-refractivity contribution in [3.05, 3.63) is 12.2 Å². The van der Waals surface area contributed by atoms with Gasteiger partial charge in [0.15, 0.2) is 0 Å². The molecule has 0 aromatic rings. The van der Waals surface area contributed by atoms with Crippen LogP contribution in [0.25, 0.3) is 0 Å². The molecular formula is C12H22ClNO3. The first-order valence-corrected chi connectivity index (χ1v) is 6.17. The van der Waals surface area contributed by atoms with Gasteiger partial charge in [0, 0.05) is 6.04 Å². The molecule has 0 aromatic carbocycles. The smallest absolute Gasteiger partial charge is 0.111 e. The highest BCUT2D eigenvalue weighted by Crippen LogP contribution is 2.20. The molecule has 5 heteroatoms. The van der Waals surface area contributed by atoms with Crippen LogP contribution < -0.4 is 5.32 Å². The minimum absolute atomic E-state index is 0. The zero-order valence-corrected chi connectivity index (χ0v) is 10.6. The first kappa shape index (κ1) is 14.9. The van der Waals surface area contributed by atoms with Crippen molar-refractivity contribution in [3.8, 4) is 0 Å². The number of hydrogen-bond acceptors (Lipinski definition) is 4. The van der Waals surface area contributed by atoms with E-state index >= 15 is 0 Å². The quantitative estimate of drug-likeness (QED) is 0.543. The lowest BCUT2D eigenvalue weighted by molar-refractivity contribution is -0.0582. The van der Waals surface area contributed by atoms with E-state index < -0.39 is 18.3 Å². The van der Waals surface area contributed by atoms with Gasteiger partial charge in [0.05, 0.1) is 6.04 Å². The van der Waals surface area contributed by atoms with Gasteiger partial charge in [0.25, 0.3) is 0 Å². The van der Waals surface area contributed by atoms with Crippen molar-refractivity contribution in [1.82, 2.24) is 5.32 Å². The SMILES string of the molecule is Cl.O[C@@H]1[C@@H](O)[C@H](NC2CCCCC2)C=C[C@@H]1O. The molecule has 17 heavy (non-hydrogen) atoms. The van der Waals surface area contributed by atoms with Gasteiger partial charge in [-0.05, 0) is 12.8 Å². The van der Waals surface area contributed by atoms with Gasteiger partial charge in [-0.15, -0.1) is 12.4 Å². The molecule has 2 aliphatic carbocycles. The number of aliphatic hydroxyl groups excluding tert-OH is 3. The first-order chi connectivity index (χ1) is 7.68. The molecule has 0 spiro atoms. The van der Waals surface area contributed by atoms with Crippen LogP contribution in [0.4, 0.5) is 0 Å². The fourth-order valence-electron chi connectivity index (χ4n) is 2.57. The predicted octanol–water partition coefficient (Wildman–Crippen LogP) is 0.352. The normalized spacial score (nSPS) is 38.8. The van der Waals surface area contributed by atoms with Crippen molar-refractivity contribution in [2.24, 2.45) is 0 Å². The summed E-state index contributed by atoms with van der Waals surface area (Å²) in [6.07, 6.45) is 6.40. The van der Waals surface area contributed by atoms with Gasteiger partial charge in [-0.1, -0.05) is 31.4 Å². The van der Waals surface area contributed by atoms with Crippen molar-refractivity contribution < 1.29 is 15.3 Å².